The summed E-state index contributed by atoms with van der Waals surface area (Å²) in [5, 5.41) is 2.14. The van der Waals surface area contributed by atoms with Crippen LogP contribution in [0.2, 0.25) is 0 Å². The highest BCUT2D eigenvalue weighted by atomic mass is 32.2. The van der Waals surface area contributed by atoms with Gasteiger partial charge in [0, 0.05) is 12.8 Å². The molecule has 0 radical (unpaired) electrons. The standard InChI is InChI=1S/C4H5NO2.CH3F.O3S/c6-3-1-2-4(7)5-3;1-2;1-4(2)3/h1-2H2,(H,5,6,7);1H3;. The van der Waals surface area contributed by atoms with Crippen LogP contribution < -0.4 is 5.32 Å². The van der Waals surface area contributed by atoms with Gasteiger partial charge in [-0.25, -0.2) is 0 Å². The lowest BCUT2D eigenvalue weighted by Crippen LogP contribution is -2.18. The van der Waals surface area contributed by atoms with Crippen molar-refractivity contribution in [2.75, 3.05) is 7.18 Å². The van der Waals surface area contributed by atoms with Gasteiger partial charge in [-0.05, 0) is 0 Å². The van der Waals surface area contributed by atoms with Gasteiger partial charge in [-0.2, -0.15) is 0 Å². The highest BCUT2D eigenvalue weighted by Crippen LogP contribution is 1.95. The molecule has 2 amide bonds. The Kier molecular flexibility index (Phi) is 9.61. The number of imide groups is 1. The van der Waals surface area contributed by atoms with E-state index in [1.165, 1.54) is 0 Å². The van der Waals surface area contributed by atoms with Gasteiger partial charge in [0.15, 0.2) is 0 Å². The number of rotatable bonds is 0. The van der Waals surface area contributed by atoms with Crippen molar-refractivity contribution in [2.45, 2.75) is 12.8 Å². The molecule has 0 unspecified atom stereocenters. The summed E-state index contributed by atoms with van der Waals surface area (Å²) in [5.41, 5.74) is 0. The molecule has 1 fully saturated rings. The van der Waals surface area contributed by atoms with Crippen LogP contribution in [-0.4, -0.2) is 31.6 Å². The van der Waals surface area contributed by atoms with Crippen molar-refractivity contribution in [2.24, 2.45) is 0 Å². The Morgan fingerprint density at radius 1 is 1.08 bits per heavy atom. The van der Waals surface area contributed by atoms with E-state index in [1.54, 1.807) is 0 Å². The molecule has 0 spiro atoms. The van der Waals surface area contributed by atoms with Gasteiger partial charge in [-0.3, -0.25) is 19.3 Å². The van der Waals surface area contributed by atoms with Crippen LogP contribution in [0.3, 0.4) is 0 Å². The van der Waals surface area contributed by atoms with E-state index in [2.05, 4.69) is 5.32 Å². The number of carbonyl (C=O) groups is 2. The molecule has 1 aliphatic heterocycles. The molecule has 0 atom stereocenters. The topological polar surface area (TPSA) is 97.4 Å². The largest absolute Gasteiger partial charge is 0.425 e. The zero-order valence-corrected chi connectivity index (χ0v) is 7.56. The number of halogens is 1. The lowest BCUT2D eigenvalue weighted by molar-refractivity contribution is -0.124. The van der Waals surface area contributed by atoms with Crippen molar-refractivity contribution in [3.63, 3.8) is 0 Å². The maximum atomic E-state index is 10.1. The number of carbonyl (C=O) groups excluding carboxylic acids is 2. The summed E-state index contributed by atoms with van der Waals surface area (Å²) in [5.74, 6) is -0.296. The van der Waals surface area contributed by atoms with E-state index in [4.69, 9.17) is 12.6 Å². The van der Waals surface area contributed by atoms with E-state index in [-0.39, 0.29) is 11.8 Å². The van der Waals surface area contributed by atoms with Crippen molar-refractivity contribution in [1.29, 1.82) is 0 Å². The second-order valence-corrected chi connectivity index (χ2v) is 2.08. The lowest BCUT2D eigenvalue weighted by Gasteiger charge is -1.79. The number of hydrogen-bond donors (Lipinski definition) is 1. The van der Waals surface area contributed by atoms with Crippen LogP contribution in [0.5, 0.6) is 0 Å². The Hall–Kier alpha value is -1.31. The highest BCUT2D eigenvalue weighted by Gasteiger charge is 2.15. The molecule has 0 aromatic carbocycles. The fourth-order valence-electron chi connectivity index (χ4n) is 0.508. The van der Waals surface area contributed by atoms with Crippen LogP contribution in [-0.2, 0) is 20.2 Å². The molecule has 1 aliphatic rings. The molecule has 0 aromatic rings. The Labute approximate surface area is 75.2 Å². The minimum Gasteiger partial charge on any atom is -0.296 e. The number of alkyl halides is 1. The van der Waals surface area contributed by atoms with Crippen LogP contribution in [0.1, 0.15) is 12.8 Å². The first-order chi connectivity index (χ1) is 6.02. The van der Waals surface area contributed by atoms with Crippen molar-refractivity contribution in [3.05, 3.63) is 0 Å². The molecule has 0 saturated carbocycles. The van der Waals surface area contributed by atoms with Gasteiger partial charge in [0.1, 0.15) is 0 Å². The summed E-state index contributed by atoms with van der Waals surface area (Å²) in [4.78, 5) is 20.2. The zero-order valence-electron chi connectivity index (χ0n) is 6.74. The Balaban J connectivity index is 0. The quantitative estimate of drug-likeness (QED) is 0.521. The van der Waals surface area contributed by atoms with Gasteiger partial charge in [0.05, 0.1) is 7.18 Å². The van der Waals surface area contributed by atoms with E-state index < -0.39 is 10.6 Å². The van der Waals surface area contributed by atoms with Gasteiger partial charge in [0.2, 0.25) is 11.8 Å². The molecule has 8 heteroatoms. The monoisotopic (exact) mass is 213 g/mol. The zero-order chi connectivity index (χ0) is 10.9. The molecule has 0 bridgehead atoms. The predicted octanol–water partition coefficient (Wildman–Crippen LogP) is -0.995. The number of amides is 2. The first-order valence-corrected chi connectivity index (χ1v) is 3.99. The molecule has 1 N–H and O–H groups in total. The highest BCUT2D eigenvalue weighted by molar-refractivity contribution is 7.59. The number of nitrogens with one attached hydrogen (secondary N) is 1. The average Bonchev–Trinajstić information content (AvgIpc) is 2.38. The van der Waals surface area contributed by atoms with Gasteiger partial charge in [-0.1, -0.05) is 0 Å². The van der Waals surface area contributed by atoms with Gasteiger partial charge in [0.25, 0.3) is 0 Å². The summed E-state index contributed by atoms with van der Waals surface area (Å²) in [6, 6.07) is 0. The summed E-state index contributed by atoms with van der Waals surface area (Å²) in [6.45, 7) is 0. The summed E-state index contributed by atoms with van der Waals surface area (Å²) in [7, 11) is -2.61. The fourth-order valence-corrected chi connectivity index (χ4v) is 0.508. The van der Waals surface area contributed by atoms with E-state index in [0.717, 1.165) is 0 Å². The SMILES string of the molecule is CF.O=C1CCC(=O)N1.O=S(=O)=O. The molecule has 13 heavy (non-hydrogen) atoms. The van der Waals surface area contributed by atoms with Crippen LogP contribution in [0.25, 0.3) is 0 Å². The fraction of sp³-hybridized carbons (Fsp3) is 0.600. The molecule has 1 heterocycles. The Morgan fingerprint density at radius 2 is 1.31 bits per heavy atom. The number of hydrogen-bond acceptors (Lipinski definition) is 5. The normalized spacial score (nSPS) is 13.1. The van der Waals surface area contributed by atoms with Crippen molar-refractivity contribution in [3.8, 4) is 0 Å². The molecule has 0 aliphatic carbocycles. The average molecular weight is 213 g/mol. The molecule has 6 nitrogen and oxygen atoms in total. The van der Waals surface area contributed by atoms with Crippen molar-refractivity contribution >= 4 is 22.4 Å². The van der Waals surface area contributed by atoms with Crippen LogP contribution >= 0.6 is 0 Å². The summed E-state index contributed by atoms with van der Waals surface area (Å²) in [6.07, 6.45) is 0.748. The van der Waals surface area contributed by atoms with E-state index in [1.807, 2.05) is 0 Å². The summed E-state index contributed by atoms with van der Waals surface area (Å²) >= 11 is 0. The molecular weight excluding hydrogens is 205 g/mol. The minimum absolute atomic E-state index is 0.148. The minimum atomic E-state index is -3.11. The van der Waals surface area contributed by atoms with Crippen molar-refractivity contribution in [1.82, 2.24) is 5.32 Å². The molecule has 1 rings (SSSR count). The first-order valence-electron chi connectivity index (χ1n) is 2.99. The Bertz CT molecular complexity index is 250. The second kappa shape index (κ2) is 8.78. The third-order valence-electron chi connectivity index (χ3n) is 0.858. The molecule has 76 valence electrons. The maximum absolute atomic E-state index is 10.1. The van der Waals surface area contributed by atoms with Gasteiger partial charge < -0.3 is 0 Å². The lowest BCUT2D eigenvalue weighted by atomic mass is 10.4. The van der Waals surface area contributed by atoms with Gasteiger partial charge in [-0.15, -0.1) is 12.6 Å². The Morgan fingerprint density at radius 3 is 1.38 bits per heavy atom. The smallest absolute Gasteiger partial charge is 0.296 e. The van der Waals surface area contributed by atoms with E-state index >= 15 is 0 Å². The molecule has 1 saturated heterocycles. The van der Waals surface area contributed by atoms with Crippen LogP contribution in [0.4, 0.5) is 4.39 Å². The second-order valence-electron chi connectivity index (χ2n) is 1.68. The van der Waals surface area contributed by atoms with Crippen molar-refractivity contribution < 1.29 is 26.6 Å². The van der Waals surface area contributed by atoms with E-state index in [0.29, 0.717) is 20.0 Å². The maximum Gasteiger partial charge on any atom is 0.425 e. The summed E-state index contributed by atoms with van der Waals surface area (Å²) < 4.78 is 34.8. The molecular formula is C5H8FNO5S. The third-order valence-corrected chi connectivity index (χ3v) is 0.858. The molecule has 0 aromatic heterocycles. The first kappa shape index (κ1) is 14.2. The third kappa shape index (κ3) is 13.7. The van der Waals surface area contributed by atoms with Gasteiger partial charge >= 0.3 is 10.6 Å². The predicted molar refractivity (Wildman–Crippen MR) is 39.1 cm³/mol. The van der Waals surface area contributed by atoms with Crippen LogP contribution in [0.15, 0.2) is 0 Å². The van der Waals surface area contributed by atoms with Crippen LogP contribution in [0, 0.1) is 0 Å². The van der Waals surface area contributed by atoms with E-state index in [9.17, 15) is 14.0 Å².